The number of nitrogens with two attached hydrogens (primary N) is 1. The van der Waals surface area contributed by atoms with E-state index in [9.17, 15) is 5.26 Å². The molecule has 0 saturated carbocycles. The fourth-order valence-electron chi connectivity index (χ4n) is 4.33. The van der Waals surface area contributed by atoms with Crippen molar-refractivity contribution in [3.63, 3.8) is 0 Å². The van der Waals surface area contributed by atoms with Gasteiger partial charge >= 0.3 is 0 Å². The number of pyridine rings is 1. The standard InChI is InChI=1S/C23H22N8O/c1-12-6-7-18(32-5)14(3)19(12)30-20-15(16(11-24)21(30)25)10-13(2)31-23(20)26-22(28-31)17-8-9-29(4)27-17/h6-10H,25H2,1-5H3. The lowest BCUT2D eigenvalue weighted by molar-refractivity contribution is 0.411. The quantitative estimate of drug-likeness (QED) is 0.473. The molecule has 160 valence electrons. The first kappa shape index (κ1) is 19.6. The molecule has 4 heterocycles. The second-order valence-corrected chi connectivity index (χ2v) is 7.86. The average molecular weight is 426 g/mol. The van der Waals surface area contributed by atoms with E-state index in [0.29, 0.717) is 28.5 Å². The number of rotatable bonds is 3. The predicted molar refractivity (Wildman–Crippen MR) is 122 cm³/mol. The molecule has 9 heteroatoms. The van der Waals surface area contributed by atoms with Crippen LogP contribution in [0, 0.1) is 32.1 Å². The van der Waals surface area contributed by atoms with Crippen LogP contribution in [0.1, 0.15) is 22.4 Å². The lowest BCUT2D eigenvalue weighted by Crippen LogP contribution is -2.07. The molecule has 9 nitrogen and oxygen atoms in total. The fraction of sp³-hybridized carbons (Fsp3) is 0.217. The Hall–Kier alpha value is -4.32. The van der Waals surface area contributed by atoms with Crippen molar-refractivity contribution < 1.29 is 4.74 Å². The smallest absolute Gasteiger partial charge is 0.202 e. The molecule has 0 bridgehead atoms. The van der Waals surface area contributed by atoms with Crippen molar-refractivity contribution in [1.29, 1.82) is 5.26 Å². The Morgan fingerprint density at radius 2 is 1.91 bits per heavy atom. The molecule has 5 rings (SSSR count). The van der Waals surface area contributed by atoms with Crippen molar-refractivity contribution in [1.82, 2.24) is 28.9 Å². The summed E-state index contributed by atoms with van der Waals surface area (Å²) < 4.78 is 10.9. The molecule has 0 saturated heterocycles. The van der Waals surface area contributed by atoms with Gasteiger partial charge in [0, 0.05) is 29.9 Å². The Morgan fingerprint density at radius 1 is 1.12 bits per heavy atom. The van der Waals surface area contributed by atoms with E-state index in [1.54, 1.807) is 16.3 Å². The van der Waals surface area contributed by atoms with Crippen molar-refractivity contribution in [2.45, 2.75) is 20.8 Å². The number of ether oxygens (including phenoxy) is 1. The third kappa shape index (κ3) is 2.59. The number of methoxy groups -OCH3 is 1. The van der Waals surface area contributed by atoms with E-state index >= 15 is 0 Å². The normalized spacial score (nSPS) is 11.4. The molecule has 0 aliphatic heterocycles. The summed E-state index contributed by atoms with van der Waals surface area (Å²) in [6, 6.07) is 9.98. The Kier molecular flexibility index (Phi) is 4.20. The minimum absolute atomic E-state index is 0.358. The summed E-state index contributed by atoms with van der Waals surface area (Å²) in [5.74, 6) is 1.60. The van der Waals surface area contributed by atoms with Gasteiger partial charge in [0.25, 0.3) is 0 Å². The van der Waals surface area contributed by atoms with E-state index in [0.717, 1.165) is 39.2 Å². The first-order chi connectivity index (χ1) is 15.3. The van der Waals surface area contributed by atoms with Crippen molar-refractivity contribution >= 4 is 22.4 Å². The number of hydrogen-bond acceptors (Lipinski definition) is 6. The zero-order valence-electron chi connectivity index (χ0n) is 18.5. The molecule has 0 spiro atoms. The minimum atomic E-state index is 0.358. The van der Waals surface area contributed by atoms with Crippen LogP contribution >= 0.6 is 0 Å². The van der Waals surface area contributed by atoms with Crippen molar-refractivity contribution in [3.05, 3.63) is 52.8 Å². The predicted octanol–water partition coefficient (Wildman–Crippen LogP) is 3.46. The van der Waals surface area contributed by atoms with Crippen molar-refractivity contribution in [3.8, 4) is 29.0 Å². The summed E-state index contributed by atoms with van der Waals surface area (Å²) in [5.41, 5.74) is 12.6. The molecule has 0 aliphatic carbocycles. The molecule has 0 fully saturated rings. The van der Waals surface area contributed by atoms with Crippen LogP contribution in [0.5, 0.6) is 5.75 Å². The van der Waals surface area contributed by atoms with Gasteiger partial charge in [-0.25, -0.2) is 9.50 Å². The Labute approximate surface area is 184 Å². The van der Waals surface area contributed by atoms with Gasteiger partial charge in [0.15, 0.2) is 5.65 Å². The highest BCUT2D eigenvalue weighted by atomic mass is 16.5. The molecular formula is C23H22N8O. The number of fused-ring (bicyclic) bond motifs is 3. The van der Waals surface area contributed by atoms with Crippen LogP contribution in [-0.2, 0) is 7.05 Å². The largest absolute Gasteiger partial charge is 0.496 e. The SMILES string of the molecule is COc1ccc(C)c(-n2c(N)c(C#N)c3cc(C)n4nc(-c5ccn(C)n5)nc4c32)c1C. The summed E-state index contributed by atoms with van der Waals surface area (Å²) >= 11 is 0. The molecule has 0 amide bonds. The highest BCUT2D eigenvalue weighted by molar-refractivity contribution is 6.02. The molecule has 0 aliphatic rings. The van der Waals surface area contributed by atoms with Gasteiger partial charge in [0.1, 0.15) is 34.4 Å². The summed E-state index contributed by atoms with van der Waals surface area (Å²) in [6.07, 6.45) is 1.85. The molecule has 0 atom stereocenters. The van der Waals surface area contributed by atoms with E-state index in [2.05, 4.69) is 11.2 Å². The third-order valence-electron chi connectivity index (χ3n) is 5.83. The van der Waals surface area contributed by atoms with Gasteiger partial charge < -0.3 is 10.5 Å². The number of hydrogen-bond donors (Lipinski definition) is 1. The van der Waals surface area contributed by atoms with Crippen LogP contribution in [-0.4, -0.2) is 36.1 Å². The minimum Gasteiger partial charge on any atom is -0.496 e. The van der Waals surface area contributed by atoms with Gasteiger partial charge in [-0.1, -0.05) is 6.07 Å². The topological polar surface area (TPSA) is 112 Å². The lowest BCUT2D eigenvalue weighted by atomic mass is 10.1. The molecular weight excluding hydrogens is 404 g/mol. The van der Waals surface area contributed by atoms with Crippen LogP contribution in [0.3, 0.4) is 0 Å². The monoisotopic (exact) mass is 426 g/mol. The highest BCUT2D eigenvalue weighted by Gasteiger charge is 2.25. The molecule has 0 unspecified atom stereocenters. The average Bonchev–Trinajstić information content (AvgIpc) is 3.45. The molecule has 0 radical (unpaired) electrons. The maximum Gasteiger partial charge on any atom is 0.202 e. The first-order valence-electron chi connectivity index (χ1n) is 10.1. The molecule has 1 aromatic carbocycles. The van der Waals surface area contributed by atoms with E-state index < -0.39 is 0 Å². The van der Waals surface area contributed by atoms with E-state index in [1.165, 1.54) is 0 Å². The van der Waals surface area contributed by atoms with E-state index in [-0.39, 0.29) is 0 Å². The van der Waals surface area contributed by atoms with Gasteiger partial charge in [0.05, 0.1) is 12.8 Å². The number of aromatic nitrogens is 6. The highest BCUT2D eigenvalue weighted by Crippen LogP contribution is 2.38. The molecule has 5 aromatic rings. The maximum absolute atomic E-state index is 9.94. The third-order valence-corrected chi connectivity index (χ3v) is 5.83. The molecule has 4 aromatic heterocycles. The zero-order valence-corrected chi connectivity index (χ0v) is 18.5. The Morgan fingerprint density at radius 3 is 2.56 bits per heavy atom. The molecule has 32 heavy (non-hydrogen) atoms. The van der Waals surface area contributed by atoms with E-state index in [4.69, 9.17) is 20.6 Å². The van der Waals surface area contributed by atoms with Crippen LogP contribution < -0.4 is 10.5 Å². The second kappa shape index (κ2) is 6.85. The van der Waals surface area contributed by atoms with Crippen LogP contribution in [0.25, 0.3) is 33.8 Å². The molecule has 2 N–H and O–H groups in total. The van der Waals surface area contributed by atoms with Gasteiger partial charge in [-0.3, -0.25) is 9.25 Å². The Bertz CT molecular complexity index is 1580. The summed E-state index contributed by atoms with van der Waals surface area (Å²) in [7, 11) is 3.49. The summed E-state index contributed by atoms with van der Waals surface area (Å²) in [4.78, 5) is 4.82. The number of nitrogens with zero attached hydrogens (tertiary/aromatic N) is 7. The van der Waals surface area contributed by atoms with E-state index in [1.807, 2.05) is 62.8 Å². The first-order valence-corrected chi connectivity index (χ1v) is 10.1. The number of nitriles is 1. The van der Waals surface area contributed by atoms with Crippen LogP contribution in [0.4, 0.5) is 5.82 Å². The van der Waals surface area contributed by atoms with Gasteiger partial charge in [0.2, 0.25) is 5.82 Å². The number of benzene rings is 1. The van der Waals surface area contributed by atoms with Crippen LogP contribution in [0.15, 0.2) is 30.5 Å². The number of nitrogen functional groups attached to an aromatic ring is 1. The van der Waals surface area contributed by atoms with Gasteiger partial charge in [-0.05, 0) is 44.5 Å². The van der Waals surface area contributed by atoms with Gasteiger partial charge in [-0.15, -0.1) is 5.10 Å². The summed E-state index contributed by atoms with van der Waals surface area (Å²) in [5, 5.41) is 19.8. The second-order valence-electron chi connectivity index (χ2n) is 7.86. The fourth-order valence-corrected chi connectivity index (χ4v) is 4.33. The van der Waals surface area contributed by atoms with Crippen molar-refractivity contribution in [2.75, 3.05) is 12.8 Å². The van der Waals surface area contributed by atoms with Crippen LogP contribution in [0.2, 0.25) is 0 Å². The number of aryl methyl sites for hydroxylation is 3. The Balaban J connectivity index is 1.96. The van der Waals surface area contributed by atoms with Crippen molar-refractivity contribution in [2.24, 2.45) is 7.05 Å². The zero-order chi connectivity index (χ0) is 22.7. The lowest BCUT2D eigenvalue weighted by Gasteiger charge is -2.17. The maximum atomic E-state index is 9.94. The summed E-state index contributed by atoms with van der Waals surface area (Å²) in [6.45, 7) is 5.92. The number of anilines is 1. The van der Waals surface area contributed by atoms with Gasteiger partial charge in [-0.2, -0.15) is 10.4 Å².